The van der Waals surface area contributed by atoms with Crippen molar-refractivity contribution in [2.24, 2.45) is 16.7 Å². The van der Waals surface area contributed by atoms with Gasteiger partial charge in [0.2, 0.25) is 17.7 Å². The van der Waals surface area contributed by atoms with Crippen molar-refractivity contribution < 1.29 is 23.9 Å². The highest BCUT2D eigenvalue weighted by atomic mass is 16.5. The third-order valence-electron chi connectivity index (χ3n) is 6.42. The van der Waals surface area contributed by atoms with Crippen LogP contribution in [-0.2, 0) is 19.1 Å². The summed E-state index contributed by atoms with van der Waals surface area (Å²) in [4.78, 5) is 51.2. The molecule has 1 saturated heterocycles. The number of benzene rings is 1. The number of amides is 3. The first-order valence-electron chi connectivity index (χ1n) is 8.96. The normalized spacial score (nSPS) is 26.1. The predicted octanol–water partition coefficient (Wildman–Crippen LogP) is 2.22. The molecule has 3 amide bonds. The van der Waals surface area contributed by atoms with Crippen molar-refractivity contribution >= 4 is 29.4 Å². The van der Waals surface area contributed by atoms with Crippen LogP contribution in [0.5, 0.6) is 0 Å². The molecule has 3 rings (SSSR count). The van der Waals surface area contributed by atoms with Gasteiger partial charge in [0.05, 0.1) is 23.8 Å². The molecule has 0 unspecified atom stereocenters. The number of nitrogens with zero attached hydrogens (tertiary/aromatic N) is 1. The molecule has 1 heterocycles. The molecule has 0 radical (unpaired) electrons. The lowest BCUT2D eigenvalue weighted by molar-refractivity contribution is -0.168. The van der Waals surface area contributed by atoms with Gasteiger partial charge in [-0.05, 0) is 30.4 Å². The number of piperidine rings is 1. The fraction of sp³-hybridized carbons (Fsp3) is 0.500. The van der Waals surface area contributed by atoms with Gasteiger partial charge in [-0.2, -0.15) is 0 Å². The van der Waals surface area contributed by atoms with Crippen LogP contribution in [-0.4, -0.2) is 42.2 Å². The van der Waals surface area contributed by atoms with E-state index in [2.05, 4.69) is 5.32 Å². The second-order valence-corrected chi connectivity index (χ2v) is 7.96. The molecular formula is C20H24N2O5. The van der Waals surface area contributed by atoms with Crippen molar-refractivity contribution in [2.75, 3.05) is 19.0 Å². The van der Waals surface area contributed by atoms with Crippen LogP contribution in [0.3, 0.4) is 0 Å². The quantitative estimate of drug-likeness (QED) is 0.646. The maximum atomic E-state index is 13.0. The summed E-state index contributed by atoms with van der Waals surface area (Å²) in [6, 6.07) is 6.42. The largest absolute Gasteiger partial charge is 0.465 e. The number of fused-ring (bicyclic) bond motifs is 2. The van der Waals surface area contributed by atoms with E-state index in [4.69, 9.17) is 4.74 Å². The van der Waals surface area contributed by atoms with E-state index in [9.17, 15) is 19.2 Å². The molecule has 2 atom stereocenters. The molecule has 7 nitrogen and oxygen atoms in total. The Bertz CT molecular complexity index is 831. The van der Waals surface area contributed by atoms with Gasteiger partial charge in [0, 0.05) is 5.92 Å². The highest BCUT2D eigenvalue weighted by Gasteiger charge is 2.64. The number of hydrogen-bond donors (Lipinski definition) is 1. The lowest BCUT2D eigenvalue weighted by atomic mass is 9.62. The lowest BCUT2D eigenvalue weighted by Crippen LogP contribution is -2.60. The first-order valence-corrected chi connectivity index (χ1v) is 8.96. The van der Waals surface area contributed by atoms with Gasteiger partial charge in [-0.3, -0.25) is 19.3 Å². The van der Waals surface area contributed by atoms with E-state index in [0.29, 0.717) is 12.8 Å². The summed E-state index contributed by atoms with van der Waals surface area (Å²) in [5.41, 5.74) is -0.597. The second kappa shape index (κ2) is 6.48. The van der Waals surface area contributed by atoms with E-state index in [1.807, 2.05) is 20.8 Å². The fourth-order valence-electron chi connectivity index (χ4n) is 4.26. The van der Waals surface area contributed by atoms with Gasteiger partial charge in [-0.25, -0.2) is 4.79 Å². The molecule has 27 heavy (non-hydrogen) atoms. The van der Waals surface area contributed by atoms with Crippen molar-refractivity contribution in [1.82, 2.24) is 4.90 Å². The van der Waals surface area contributed by atoms with Crippen LogP contribution in [0.15, 0.2) is 24.3 Å². The van der Waals surface area contributed by atoms with E-state index in [0.717, 1.165) is 4.90 Å². The third-order valence-corrected chi connectivity index (χ3v) is 6.42. The molecule has 1 aromatic carbocycles. The van der Waals surface area contributed by atoms with E-state index in [1.54, 1.807) is 18.2 Å². The summed E-state index contributed by atoms with van der Waals surface area (Å²) >= 11 is 0. The minimum absolute atomic E-state index is 0.206. The molecule has 1 aliphatic heterocycles. The Kier molecular flexibility index (Phi) is 4.57. The minimum atomic E-state index is -0.657. The van der Waals surface area contributed by atoms with Crippen LogP contribution in [0.4, 0.5) is 5.69 Å². The number of imide groups is 1. The summed E-state index contributed by atoms with van der Waals surface area (Å²) in [7, 11) is 1.25. The average molecular weight is 372 g/mol. The molecule has 1 aromatic rings. The molecule has 0 spiro atoms. The van der Waals surface area contributed by atoms with E-state index < -0.39 is 22.7 Å². The van der Waals surface area contributed by atoms with Crippen LogP contribution in [0, 0.1) is 16.7 Å². The molecule has 2 aliphatic rings. The summed E-state index contributed by atoms with van der Waals surface area (Å²) < 4.78 is 4.71. The van der Waals surface area contributed by atoms with Crippen LogP contribution in [0.2, 0.25) is 0 Å². The highest BCUT2D eigenvalue weighted by molar-refractivity contribution is 6.08. The molecule has 1 saturated carbocycles. The Hall–Kier alpha value is -2.70. The van der Waals surface area contributed by atoms with Gasteiger partial charge in [0.15, 0.2) is 0 Å². The Morgan fingerprint density at radius 2 is 1.89 bits per heavy atom. The number of esters is 1. The van der Waals surface area contributed by atoms with E-state index in [1.165, 1.54) is 13.2 Å². The highest BCUT2D eigenvalue weighted by Crippen LogP contribution is 2.59. The van der Waals surface area contributed by atoms with E-state index >= 15 is 0 Å². The number of rotatable bonds is 4. The smallest absolute Gasteiger partial charge is 0.339 e. The van der Waals surface area contributed by atoms with Crippen molar-refractivity contribution in [2.45, 2.75) is 33.6 Å². The molecule has 1 aliphatic carbocycles. The maximum absolute atomic E-state index is 13.0. The number of hydrogen-bond acceptors (Lipinski definition) is 5. The molecule has 144 valence electrons. The first-order chi connectivity index (χ1) is 12.6. The number of carbonyl (C=O) groups excluding carboxylic acids is 4. The Balaban J connectivity index is 1.79. The summed E-state index contributed by atoms with van der Waals surface area (Å²) in [5.74, 6) is -1.98. The van der Waals surface area contributed by atoms with Crippen LogP contribution < -0.4 is 5.32 Å². The van der Waals surface area contributed by atoms with Crippen molar-refractivity contribution in [3.63, 3.8) is 0 Å². The van der Waals surface area contributed by atoms with Crippen molar-refractivity contribution in [3.05, 3.63) is 29.8 Å². The van der Waals surface area contributed by atoms with Crippen molar-refractivity contribution in [3.8, 4) is 0 Å². The summed E-state index contributed by atoms with van der Waals surface area (Å²) in [6.07, 6.45) is 1.29. The van der Waals surface area contributed by atoms with Crippen LogP contribution >= 0.6 is 0 Å². The number of anilines is 1. The average Bonchev–Trinajstić information content (AvgIpc) is 2.82. The molecule has 1 N–H and O–H groups in total. The molecule has 0 aromatic heterocycles. The third kappa shape index (κ3) is 2.81. The Morgan fingerprint density at radius 1 is 1.22 bits per heavy atom. The minimum Gasteiger partial charge on any atom is -0.465 e. The van der Waals surface area contributed by atoms with Gasteiger partial charge in [-0.15, -0.1) is 0 Å². The van der Waals surface area contributed by atoms with Gasteiger partial charge in [0.1, 0.15) is 6.54 Å². The van der Waals surface area contributed by atoms with E-state index in [-0.39, 0.29) is 35.5 Å². The number of carbonyl (C=O) groups is 4. The number of para-hydroxylation sites is 1. The first kappa shape index (κ1) is 19.1. The fourth-order valence-corrected chi connectivity index (χ4v) is 4.26. The predicted molar refractivity (Wildman–Crippen MR) is 97.7 cm³/mol. The molecule has 2 fully saturated rings. The van der Waals surface area contributed by atoms with Gasteiger partial charge in [-0.1, -0.05) is 32.9 Å². The monoisotopic (exact) mass is 372 g/mol. The van der Waals surface area contributed by atoms with Crippen LogP contribution in [0.25, 0.3) is 0 Å². The second-order valence-electron chi connectivity index (χ2n) is 7.96. The summed E-state index contributed by atoms with van der Waals surface area (Å²) in [6.45, 7) is 5.41. The SMILES string of the molecule is COC(=O)c1ccccc1NC(=O)CN1C(=O)[C@H]2CC[C@@](C)(C1=O)C2(C)C. The van der Waals surface area contributed by atoms with Crippen LogP contribution in [0.1, 0.15) is 44.0 Å². The molecule has 2 bridgehead atoms. The maximum Gasteiger partial charge on any atom is 0.339 e. The number of ether oxygens (including phenoxy) is 1. The number of methoxy groups -OCH3 is 1. The Labute approximate surface area is 158 Å². The zero-order valence-corrected chi connectivity index (χ0v) is 16.0. The number of likely N-dealkylation sites (tertiary alicyclic amines) is 1. The lowest BCUT2D eigenvalue weighted by Gasteiger charge is -2.47. The van der Waals surface area contributed by atoms with Crippen molar-refractivity contribution in [1.29, 1.82) is 0 Å². The zero-order chi connectivity index (χ0) is 20.0. The topological polar surface area (TPSA) is 92.8 Å². The summed E-state index contributed by atoms with van der Waals surface area (Å²) in [5, 5.41) is 2.61. The van der Waals surface area contributed by atoms with Gasteiger partial charge < -0.3 is 10.1 Å². The van der Waals surface area contributed by atoms with Gasteiger partial charge in [0.25, 0.3) is 0 Å². The van der Waals surface area contributed by atoms with Gasteiger partial charge >= 0.3 is 5.97 Å². The number of nitrogens with one attached hydrogen (secondary N) is 1. The molecular weight excluding hydrogens is 348 g/mol. The Morgan fingerprint density at radius 3 is 2.56 bits per heavy atom. The molecule has 7 heteroatoms. The standard InChI is InChI=1S/C20H24N2O5/c1-19(2)13-9-10-20(19,3)18(26)22(16(13)24)11-15(23)21-14-8-6-5-7-12(14)17(25)27-4/h5-8,13H,9-11H2,1-4H3,(H,21,23)/t13-,20+/m1/s1. The zero-order valence-electron chi connectivity index (χ0n) is 16.0.